The number of carbonyl (C=O) groups is 1. The zero-order valence-electron chi connectivity index (χ0n) is 6.25. The number of hydrogen-bond donors (Lipinski definition) is 1. The molecule has 0 heterocycles. The van der Waals surface area contributed by atoms with E-state index in [0.717, 1.165) is 12.8 Å². The monoisotopic (exact) mass is 162 g/mol. The molecule has 68 valence electrons. The van der Waals surface area contributed by atoms with Crippen molar-refractivity contribution in [2.45, 2.75) is 39.2 Å². The molecule has 1 rings (SSSR count). The normalized spacial score (nSPS) is 15.8. The van der Waals surface area contributed by atoms with Crippen molar-refractivity contribution < 1.29 is 14.6 Å². The van der Waals surface area contributed by atoms with Gasteiger partial charge in [-0.3, -0.25) is 4.79 Å². The highest BCUT2D eigenvalue weighted by Gasteiger charge is 2.09. The quantitative estimate of drug-likeness (QED) is 0.592. The molecular formula is C8H18O3. The molecule has 0 aromatic carbocycles. The second kappa shape index (κ2) is 9.43. The lowest BCUT2D eigenvalue weighted by atomic mass is 10.3. The van der Waals surface area contributed by atoms with Crippen LogP contribution in [0, 0.1) is 0 Å². The van der Waals surface area contributed by atoms with Crippen LogP contribution in [0.4, 0.5) is 0 Å². The maximum Gasteiger partial charge on any atom is 0.292 e. The van der Waals surface area contributed by atoms with Gasteiger partial charge in [0.15, 0.2) is 0 Å². The number of carbonyl (C=O) groups excluding carboxylic acids is 1. The molecule has 0 atom stereocenters. The van der Waals surface area contributed by atoms with Gasteiger partial charge >= 0.3 is 0 Å². The van der Waals surface area contributed by atoms with E-state index >= 15 is 0 Å². The fraction of sp³-hybridized carbons (Fsp3) is 0.875. The van der Waals surface area contributed by atoms with Gasteiger partial charge in [0.25, 0.3) is 6.47 Å². The van der Waals surface area contributed by atoms with Crippen molar-refractivity contribution in [1.82, 2.24) is 0 Å². The third-order valence-electron chi connectivity index (χ3n) is 1.42. The highest BCUT2D eigenvalue weighted by atomic mass is 16.5. The van der Waals surface area contributed by atoms with E-state index in [1.165, 1.54) is 20.0 Å². The Labute approximate surface area is 68.4 Å². The fourth-order valence-corrected chi connectivity index (χ4v) is 0.904. The van der Waals surface area contributed by atoms with Crippen molar-refractivity contribution in [1.29, 1.82) is 0 Å². The molecule has 1 N–H and O–H groups in total. The van der Waals surface area contributed by atoms with Crippen LogP contribution < -0.4 is 0 Å². The standard InChI is InChI=1S/C5H10O.C2H4O2.CH4/c6-5-3-1-2-4-5;1-4-2-3;/h5-6H,1-4H2;2H,1H3;1H4. The molecule has 3 heteroatoms. The summed E-state index contributed by atoms with van der Waals surface area (Å²) in [5, 5.41) is 8.73. The summed E-state index contributed by atoms with van der Waals surface area (Å²) in [5.41, 5.74) is 0. The SMILES string of the molecule is C.COC=O.OC1CCCC1. The van der Waals surface area contributed by atoms with Crippen LogP contribution in [0.15, 0.2) is 0 Å². The topological polar surface area (TPSA) is 46.5 Å². The maximum absolute atomic E-state index is 8.95. The number of hydrogen-bond acceptors (Lipinski definition) is 3. The molecule has 1 saturated carbocycles. The van der Waals surface area contributed by atoms with Crippen LogP contribution in [-0.4, -0.2) is 24.8 Å². The van der Waals surface area contributed by atoms with Gasteiger partial charge in [-0.1, -0.05) is 20.3 Å². The van der Waals surface area contributed by atoms with E-state index in [4.69, 9.17) is 9.90 Å². The Hall–Kier alpha value is -0.570. The van der Waals surface area contributed by atoms with Gasteiger partial charge in [0, 0.05) is 0 Å². The summed E-state index contributed by atoms with van der Waals surface area (Å²) in [6.07, 6.45) is 4.60. The van der Waals surface area contributed by atoms with Crippen molar-refractivity contribution in [2.75, 3.05) is 7.11 Å². The predicted molar refractivity (Wildman–Crippen MR) is 44.3 cm³/mol. The van der Waals surface area contributed by atoms with Crippen molar-refractivity contribution in [3.63, 3.8) is 0 Å². The van der Waals surface area contributed by atoms with Gasteiger partial charge in [-0.05, 0) is 12.8 Å². The molecule has 1 aliphatic carbocycles. The Kier molecular flexibility index (Phi) is 11.2. The largest absolute Gasteiger partial charge is 0.471 e. The minimum atomic E-state index is 0. The van der Waals surface area contributed by atoms with E-state index in [-0.39, 0.29) is 13.5 Å². The summed E-state index contributed by atoms with van der Waals surface area (Å²) in [7, 11) is 1.31. The number of aliphatic hydroxyl groups excluding tert-OH is 1. The van der Waals surface area contributed by atoms with Gasteiger partial charge in [-0.25, -0.2) is 0 Å². The van der Waals surface area contributed by atoms with E-state index in [1.54, 1.807) is 0 Å². The Morgan fingerprint density at radius 1 is 1.45 bits per heavy atom. The summed E-state index contributed by atoms with van der Waals surface area (Å²) < 4.78 is 3.86. The first-order chi connectivity index (χ1) is 4.81. The number of aliphatic hydroxyl groups is 1. The van der Waals surface area contributed by atoms with Crippen molar-refractivity contribution in [3.05, 3.63) is 0 Å². The van der Waals surface area contributed by atoms with Crippen molar-refractivity contribution in [3.8, 4) is 0 Å². The van der Waals surface area contributed by atoms with E-state index < -0.39 is 0 Å². The van der Waals surface area contributed by atoms with Crippen LogP contribution in [0.1, 0.15) is 33.1 Å². The second-order valence-electron chi connectivity index (χ2n) is 2.27. The number of ether oxygens (including phenoxy) is 1. The molecule has 0 aromatic rings. The first-order valence-electron chi connectivity index (χ1n) is 3.45. The molecular weight excluding hydrogens is 144 g/mol. The first kappa shape index (κ1) is 13.1. The fourth-order valence-electron chi connectivity index (χ4n) is 0.904. The Morgan fingerprint density at radius 2 is 1.82 bits per heavy atom. The summed E-state index contributed by atoms with van der Waals surface area (Å²) in [6.45, 7) is 0.375. The molecule has 0 spiro atoms. The Bertz CT molecular complexity index is 77.4. The van der Waals surface area contributed by atoms with E-state index in [9.17, 15) is 0 Å². The molecule has 0 aromatic heterocycles. The van der Waals surface area contributed by atoms with Gasteiger partial charge in [0.05, 0.1) is 13.2 Å². The van der Waals surface area contributed by atoms with E-state index in [0.29, 0.717) is 6.47 Å². The molecule has 1 fully saturated rings. The molecule has 0 aliphatic heterocycles. The molecule has 3 nitrogen and oxygen atoms in total. The van der Waals surface area contributed by atoms with Crippen molar-refractivity contribution in [2.24, 2.45) is 0 Å². The summed E-state index contributed by atoms with van der Waals surface area (Å²) in [4.78, 5) is 8.95. The molecule has 1 aliphatic rings. The van der Waals surface area contributed by atoms with Crippen LogP contribution in [0.3, 0.4) is 0 Å². The van der Waals surface area contributed by atoms with Crippen molar-refractivity contribution >= 4 is 6.47 Å². The van der Waals surface area contributed by atoms with Crippen LogP contribution in [-0.2, 0) is 9.53 Å². The zero-order valence-corrected chi connectivity index (χ0v) is 6.25. The molecule has 11 heavy (non-hydrogen) atoms. The second-order valence-corrected chi connectivity index (χ2v) is 2.27. The van der Waals surface area contributed by atoms with E-state index in [1.807, 2.05) is 0 Å². The lowest BCUT2D eigenvalue weighted by Crippen LogP contribution is -1.94. The van der Waals surface area contributed by atoms with Gasteiger partial charge < -0.3 is 9.84 Å². The van der Waals surface area contributed by atoms with Crippen LogP contribution in [0.2, 0.25) is 0 Å². The average Bonchev–Trinajstić information content (AvgIpc) is 2.40. The molecule has 0 amide bonds. The molecule has 0 unspecified atom stereocenters. The minimum Gasteiger partial charge on any atom is -0.471 e. The van der Waals surface area contributed by atoms with Crippen LogP contribution >= 0.6 is 0 Å². The molecule has 0 bridgehead atoms. The third kappa shape index (κ3) is 9.43. The predicted octanol–water partition coefficient (Wildman–Crippen LogP) is 1.35. The highest BCUT2D eigenvalue weighted by Crippen LogP contribution is 2.16. The third-order valence-corrected chi connectivity index (χ3v) is 1.42. The summed E-state index contributed by atoms with van der Waals surface area (Å²) >= 11 is 0. The molecule has 0 saturated heterocycles. The van der Waals surface area contributed by atoms with Crippen LogP contribution in [0.5, 0.6) is 0 Å². The average molecular weight is 162 g/mol. The summed E-state index contributed by atoms with van der Waals surface area (Å²) in [5.74, 6) is 0. The van der Waals surface area contributed by atoms with Gasteiger partial charge in [-0.2, -0.15) is 0 Å². The maximum atomic E-state index is 8.95. The smallest absolute Gasteiger partial charge is 0.292 e. The lowest BCUT2D eigenvalue weighted by molar-refractivity contribution is -0.126. The summed E-state index contributed by atoms with van der Waals surface area (Å²) in [6, 6.07) is 0. The highest BCUT2D eigenvalue weighted by molar-refractivity contribution is 5.36. The Balaban J connectivity index is 0. The van der Waals surface area contributed by atoms with Gasteiger partial charge in [0.1, 0.15) is 0 Å². The number of methoxy groups -OCH3 is 1. The first-order valence-corrected chi connectivity index (χ1v) is 3.45. The number of rotatable bonds is 1. The van der Waals surface area contributed by atoms with Gasteiger partial charge in [-0.15, -0.1) is 0 Å². The van der Waals surface area contributed by atoms with Crippen LogP contribution in [0.25, 0.3) is 0 Å². The zero-order chi connectivity index (χ0) is 7.82. The van der Waals surface area contributed by atoms with Gasteiger partial charge in [0.2, 0.25) is 0 Å². The lowest BCUT2D eigenvalue weighted by Gasteiger charge is -1.91. The minimum absolute atomic E-state index is 0. The molecule has 0 radical (unpaired) electrons. The van der Waals surface area contributed by atoms with E-state index in [2.05, 4.69) is 4.74 Å². The Morgan fingerprint density at radius 3 is 1.91 bits per heavy atom.